The predicted molar refractivity (Wildman–Crippen MR) is 67.7 cm³/mol. The van der Waals surface area contributed by atoms with Crippen LogP contribution < -0.4 is 4.90 Å². The Hall–Kier alpha value is -1.10. The van der Waals surface area contributed by atoms with Crippen molar-refractivity contribution < 1.29 is 14.3 Å². The molecule has 1 spiro atoms. The van der Waals surface area contributed by atoms with Crippen LogP contribution in [-0.4, -0.2) is 25.7 Å². The maximum absolute atomic E-state index is 12.5. The van der Waals surface area contributed by atoms with Crippen LogP contribution in [0.3, 0.4) is 0 Å². The molecule has 18 heavy (non-hydrogen) atoms. The van der Waals surface area contributed by atoms with Crippen LogP contribution in [-0.2, 0) is 20.1 Å². The molecule has 0 aromatic heterocycles. The third kappa shape index (κ3) is 1.49. The summed E-state index contributed by atoms with van der Waals surface area (Å²) in [6, 6.07) is 5.39. The number of carbonyl (C=O) groups excluding carboxylic acids is 1. The van der Waals surface area contributed by atoms with E-state index in [1.165, 1.54) is 0 Å². The molecule has 1 saturated heterocycles. The highest BCUT2D eigenvalue weighted by molar-refractivity contribution is 6.31. The molecule has 2 aliphatic rings. The van der Waals surface area contributed by atoms with Gasteiger partial charge < -0.3 is 14.4 Å². The Morgan fingerprint density at radius 3 is 2.78 bits per heavy atom. The molecule has 1 amide bonds. The zero-order valence-corrected chi connectivity index (χ0v) is 10.9. The van der Waals surface area contributed by atoms with E-state index in [-0.39, 0.29) is 5.91 Å². The summed E-state index contributed by atoms with van der Waals surface area (Å²) in [5.41, 5.74) is 1.57. The smallest absolute Gasteiger partial charge is 0.292 e. The fourth-order valence-corrected chi connectivity index (χ4v) is 2.72. The van der Waals surface area contributed by atoms with E-state index in [2.05, 4.69) is 0 Å². The van der Waals surface area contributed by atoms with Crippen molar-refractivity contribution in [2.75, 3.05) is 24.7 Å². The predicted octanol–water partition coefficient (Wildman–Crippen LogP) is 2.30. The number of hydrogen-bond donors (Lipinski definition) is 0. The van der Waals surface area contributed by atoms with Gasteiger partial charge in [0.05, 0.1) is 18.9 Å². The minimum absolute atomic E-state index is 0.140. The second kappa shape index (κ2) is 4.23. The van der Waals surface area contributed by atoms with Gasteiger partial charge in [-0.15, -0.1) is 0 Å². The summed E-state index contributed by atoms with van der Waals surface area (Å²) in [4.78, 5) is 14.2. The van der Waals surface area contributed by atoms with Gasteiger partial charge in [-0.25, -0.2) is 0 Å². The molecule has 1 fully saturated rings. The van der Waals surface area contributed by atoms with Gasteiger partial charge in [-0.3, -0.25) is 4.79 Å². The number of carbonyl (C=O) groups is 1. The minimum Gasteiger partial charge on any atom is -0.336 e. The lowest BCUT2D eigenvalue weighted by Crippen LogP contribution is -2.41. The number of rotatable bonds is 2. The van der Waals surface area contributed by atoms with E-state index >= 15 is 0 Å². The lowest BCUT2D eigenvalue weighted by atomic mass is 10.1. The van der Waals surface area contributed by atoms with Crippen LogP contribution in [0.25, 0.3) is 0 Å². The fourth-order valence-electron chi connectivity index (χ4n) is 2.55. The number of ether oxygens (including phenoxy) is 2. The van der Waals surface area contributed by atoms with E-state index < -0.39 is 5.79 Å². The summed E-state index contributed by atoms with van der Waals surface area (Å²) in [6.07, 6.45) is 0.879. The number of nitrogens with zero attached hydrogens (tertiary/aromatic N) is 1. The Labute approximate surface area is 110 Å². The van der Waals surface area contributed by atoms with Crippen molar-refractivity contribution in [1.82, 2.24) is 0 Å². The zero-order valence-electron chi connectivity index (χ0n) is 10.1. The Morgan fingerprint density at radius 1 is 1.39 bits per heavy atom. The van der Waals surface area contributed by atoms with Crippen LogP contribution in [0.4, 0.5) is 5.69 Å². The monoisotopic (exact) mass is 267 g/mol. The first kappa shape index (κ1) is 12.0. The molecule has 3 rings (SSSR count). The molecule has 0 aliphatic carbocycles. The first-order valence-corrected chi connectivity index (χ1v) is 6.47. The highest BCUT2D eigenvalue weighted by atomic mass is 35.5. The second-order valence-electron chi connectivity index (χ2n) is 4.43. The van der Waals surface area contributed by atoms with Crippen LogP contribution in [0.2, 0.25) is 5.02 Å². The van der Waals surface area contributed by atoms with E-state index in [0.717, 1.165) is 17.7 Å². The average Bonchev–Trinajstić information content (AvgIpc) is 2.92. The van der Waals surface area contributed by atoms with Crippen molar-refractivity contribution in [1.29, 1.82) is 0 Å². The van der Waals surface area contributed by atoms with Gasteiger partial charge in [-0.1, -0.05) is 18.5 Å². The molecule has 0 unspecified atom stereocenters. The van der Waals surface area contributed by atoms with Gasteiger partial charge in [0.15, 0.2) is 0 Å². The molecule has 0 N–H and O–H groups in total. The van der Waals surface area contributed by atoms with E-state index in [0.29, 0.717) is 24.8 Å². The largest absolute Gasteiger partial charge is 0.336 e. The Balaban J connectivity index is 2.14. The average molecular weight is 268 g/mol. The van der Waals surface area contributed by atoms with Gasteiger partial charge >= 0.3 is 0 Å². The van der Waals surface area contributed by atoms with E-state index in [4.69, 9.17) is 21.1 Å². The molecular formula is C13H14ClNO3. The normalized spacial score (nSPS) is 20.8. The molecule has 96 valence electrons. The summed E-state index contributed by atoms with van der Waals surface area (Å²) < 4.78 is 11.2. The van der Waals surface area contributed by atoms with Crippen molar-refractivity contribution >= 4 is 23.2 Å². The summed E-state index contributed by atoms with van der Waals surface area (Å²) in [5, 5.41) is 0.582. The molecule has 2 aliphatic heterocycles. The van der Waals surface area contributed by atoms with Crippen molar-refractivity contribution in [2.24, 2.45) is 0 Å². The summed E-state index contributed by atoms with van der Waals surface area (Å²) in [7, 11) is 0. The highest BCUT2D eigenvalue weighted by Crippen LogP contribution is 2.46. The van der Waals surface area contributed by atoms with Crippen LogP contribution in [0.15, 0.2) is 18.2 Å². The zero-order chi connectivity index (χ0) is 12.8. The SMILES string of the molecule is CCCN1C(=O)C2(OCCO2)c2cc(Cl)ccc21. The Morgan fingerprint density at radius 2 is 2.11 bits per heavy atom. The highest BCUT2D eigenvalue weighted by Gasteiger charge is 2.55. The van der Waals surface area contributed by atoms with E-state index in [9.17, 15) is 4.79 Å². The van der Waals surface area contributed by atoms with Crippen LogP contribution in [0.5, 0.6) is 0 Å². The Kier molecular flexibility index (Phi) is 2.81. The van der Waals surface area contributed by atoms with Crippen molar-refractivity contribution in [3.8, 4) is 0 Å². The molecule has 2 heterocycles. The second-order valence-corrected chi connectivity index (χ2v) is 4.87. The van der Waals surface area contributed by atoms with Crippen LogP contribution >= 0.6 is 11.6 Å². The molecule has 0 saturated carbocycles. The van der Waals surface area contributed by atoms with E-state index in [1.54, 1.807) is 17.0 Å². The van der Waals surface area contributed by atoms with Gasteiger partial charge in [0, 0.05) is 17.1 Å². The number of halogens is 1. The first-order valence-electron chi connectivity index (χ1n) is 6.09. The maximum atomic E-state index is 12.5. The number of benzene rings is 1. The van der Waals surface area contributed by atoms with Gasteiger partial charge in [0.25, 0.3) is 11.7 Å². The molecule has 1 aromatic carbocycles. The van der Waals surface area contributed by atoms with Crippen molar-refractivity contribution in [2.45, 2.75) is 19.1 Å². The molecule has 4 nitrogen and oxygen atoms in total. The number of amides is 1. The van der Waals surface area contributed by atoms with E-state index in [1.807, 2.05) is 13.0 Å². The quantitative estimate of drug-likeness (QED) is 0.825. The van der Waals surface area contributed by atoms with Gasteiger partial charge in [0.1, 0.15) is 0 Å². The molecular weight excluding hydrogens is 254 g/mol. The lowest BCUT2D eigenvalue weighted by Gasteiger charge is -2.21. The molecule has 5 heteroatoms. The minimum atomic E-state index is -1.25. The lowest BCUT2D eigenvalue weighted by molar-refractivity contribution is -0.180. The fraction of sp³-hybridized carbons (Fsp3) is 0.462. The standard InChI is InChI=1S/C13H14ClNO3/c1-2-5-15-11-4-3-9(14)8-10(11)13(12(15)16)17-6-7-18-13/h3-4,8H,2,5-7H2,1H3. The molecule has 1 aromatic rings. The summed E-state index contributed by atoms with van der Waals surface area (Å²) in [5.74, 6) is -1.39. The number of anilines is 1. The summed E-state index contributed by atoms with van der Waals surface area (Å²) in [6.45, 7) is 3.54. The van der Waals surface area contributed by atoms with Gasteiger partial charge in [-0.2, -0.15) is 0 Å². The summed E-state index contributed by atoms with van der Waals surface area (Å²) >= 11 is 6.02. The van der Waals surface area contributed by atoms with Gasteiger partial charge in [-0.05, 0) is 24.6 Å². The van der Waals surface area contributed by atoms with Crippen LogP contribution in [0.1, 0.15) is 18.9 Å². The van der Waals surface area contributed by atoms with Gasteiger partial charge in [0.2, 0.25) is 0 Å². The number of fused-ring (bicyclic) bond motifs is 2. The van der Waals surface area contributed by atoms with Crippen LogP contribution in [0, 0.1) is 0 Å². The molecule has 0 atom stereocenters. The first-order chi connectivity index (χ1) is 8.69. The topological polar surface area (TPSA) is 38.8 Å². The molecule has 0 bridgehead atoms. The van der Waals surface area contributed by atoms with Crippen molar-refractivity contribution in [3.63, 3.8) is 0 Å². The molecule has 0 radical (unpaired) electrons. The maximum Gasteiger partial charge on any atom is 0.292 e. The third-order valence-electron chi connectivity index (χ3n) is 3.27. The Bertz CT molecular complexity index is 497. The third-order valence-corrected chi connectivity index (χ3v) is 3.51. The number of hydrogen-bond acceptors (Lipinski definition) is 3. The van der Waals surface area contributed by atoms with Crippen molar-refractivity contribution in [3.05, 3.63) is 28.8 Å².